The Labute approximate surface area is 151 Å². The van der Waals surface area contributed by atoms with E-state index in [1.54, 1.807) is 23.5 Å². The van der Waals surface area contributed by atoms with Crippen LogP contribution >= 0.6 is 11.3 Å². The van der Waals surface area contributed by atoms with Crippen LogP contribution in [0.4, 0.5) is 0 Å². The average molecular weight is 380 g/mol. The summed E-state index contributed by atoms with van der Waals surface area (Å²) >= 11 is 1.74. The molecule has 0 spiro atoms. The van der Waals surface area contributed by atoms with Crippen molar-refractivity contribution in [1.29, 1.82) is 0 Å². The molecule has 7 nitrogen and oxygen atoms in total. The highest BCUT2D eigenvalue weighted by Gasteiger charge is 2.19. The van der Waals surface area contributed by atoms with E-state index in [4.69, 9.17) is 4.74 Å². The number of nitrogens with one attached hydrogen (secondary N) is 2. The van der Waals surface area contributed by atoms with Crippen molar-refractivity contribution in [3.05, 3.63) is 46.7 Å². The minimum atomic E-state index is -3.67. The Bertz CT molecular complexity index is 818. The lowest BCUT2D eigenvalue weighted by atomic mass is 10.3. The van der Waals surface area contributed by atoms with Crippen LogP contribution in [0.25, 0.3) is 0 Å². The first-order valence-electron chi connectivity index (χ1n) is 7.77. The van der Waals surface area contributed by atoms with E-state index in [1.807, 2.05) is 6.07 Å². The van der Waals surface area contributed by atoms with E-state index in [0.717, 1.165) is 13.0 Å². The second kappa shape index (κ2) is 7.85. The molecule has 0 radical (unpaired) electrons. The summed E-state index contributed by atoms with van der Waals surface area (Å²) in [7, 11) is -2.13. The summed E-state index contributed by atoms with van der Waals surface area (Å²) in [5, 5.41) is 5.08. The molecule has 1 aromatic carbocycles. The maximum Gasteiger partial charge on any atom is 0.264 e. The van der Waals surface area contributed by atoms with E-state index in [2.05, 4.69) is 31.4 Å². The Morgan fingerprint density at radius 2 is 2.12 bits per heavy atom. The number of hydrogen-bond donors (Lipinski definition) is 2. The van der Waals surface area contributed by atoms with Gasteiger partial charge in [-0.05, 0) is 42.1 Å². The van der Waals surface area contributed by atoms with Crippen LogP contribution in [0.2, 0.25) is 0 Å². The van der Waals surface area contributed by atoms with Gasteiger partial charge in [-0.3, -0.25) is 4.90 Å². The largest absolute Gasteiger partial charge is 0.497 e. The van der Waals surface area contributed by atoms with Gasteiger partial charge in [0.1, 0.15) is 5.75 Å². The third-order valence-corrected chi connectivity index (χ3v) is 6.05. The molecule has 0 fully saturated rings. The van der Waals surface area contributed by atoms with Crippen LogP contribution in [0.3, 0.4) is 0 Å². The molecule has 0 saturated heterocycles. The van der Waals surface area contributed by atoms with Crippen molar-refractivity contribution >= 4 is 27.3 Å². The Morgan fingerprint density at radius 3 is 2.72 bits per heavy atom. The first-order valence-corrected chi connectivity index (χ1v) is 10.1. The molecule has 1 aliphatic heterocycles. The monoisotopic (exact) mass is 380 g/mol. The number of benzene rings is 1. The van der Waals surface area contributed by atoms with Crippen LogP contribution in [0, 0.1) is 0 Å². The van der Waals surface area contributed by atoms with Gasteiger partial charge in [0.25, 0.3) is 10.0 Å². The Balaban J connectivity index is 1.55. The summed E-state index contributed by atoms with van der Waals surface area (Å²) in [4.78, 5) is 7.88. The van der Waals surface area contributed by atoms with E-state index in [0.29, 0.717) is 19.1 Å². The third kappa shape index (κ3) is 4.71. The maximum atomic E-state index is 12.4. The van der Waals surface area contributed by atoms with Gasteiger partial charge in [-0.15, -0.1) is 11.3 Å². The standard InChI is InChI=1S/C16H20N4O3S2/c1-23-13-4-6-15(7-5-13)25(21,22)19-16-17-11-20(12-18-16)9-8-14-3-2-10-24-14/h2-7,10H,8-9,11-12H2,1H3,(H2,17,18,19). The highest BCUT2D eigenvalue weighted by atomic mass is 32.2. The Hall–Kier alpha value is -2.10. The van der Waals surface area contributed by atoms with Crippen LogP contribution < -0.4 is 14.8 Å². The molecule has 0 amide bonds. The first kappa shape index (κ1) is 17.7. The molecule has 1 aliphatic rings. The van der Waals surface area contributed by atoms with Crippen molar-refractivity contribution in [2.45, 2.75) is 11.3 Å². The highest BCUT2D eigenvalue weighted by Crippen LogP contribution is 2.15. The number of methoxy groups -OCH3 is 1. The van der Waals surface area contributed by atoms with Gasteiger partial charge in [-0.1, -0.05) is 6.07 Å². The fraction of sp³-hybridized carbons (Fsp3) is 0.312. The van der Waals surface area contributed by atoms with Crippen LogP contribution in [-0.4, -0.2) is 46.3 Å². The molecule has 1 aromatic heterocycles. The third-order valence-electron chi connectivity index (χ3n) is 3.75. The summed E-state index contributed by atoms with van der Waals surface area (Å²) in [6.45, 7) is 1.88. The topological polar surface area (TPSA) is 83.0 Å². The molecule has 0 bridgehead atoms. The molecule has 0 saturated carbocycles. The molecule has 2 heterocycles. The average Bonchev–Trinajstić information content (AvgIpc) is 3.14. The van der Waals surface area contributed by atoms with Gasteiger partial charge in [-0.25, -0.2) is 18.1 Å². The molecule has 0 atom stereocenters. The van der Waals surface area contributed by atoms with Crippen LogP contribution in [0.15, 0.2) is 51.7 Å². The van der Waals surface area contributed by atoms with E-state index < -0.39 is 10.0 Å². The molecule has 2 aromatic rings. The molecule has 3 rings (SSSR count). The fourth-order valence-electron chi connectivity index (χ4n) is 2.35. The first-order chi connectivity index (χ1) is 12.1. The number of aliphatic imine (C=N–C) groups is 1. The van der Waals surface area contributed by atoms with Crippen molar-refractivity contribution in [3.63, 3.8) is 0 Å². The normalized spacial score (nSPS) is 15.3. The fourth-order valence-corrected chi connectivity index (χ4v) is 4.05. The zero-order valence-corrected chi connectivity index (χ0v) is 15.4. The van der Waals surface area contributed by atoms with Gasteiger partial charge in [0.05, 0.1) is 25.3 Å². The molecule has 0 aliphatic carbocycles. The van der Waals surface area contributed by atoms with Crippen molar-refractivity contribution in [2.24, 2.45) is 4.99 Å². The molecule has 0 unspecified atom stereocenters. The maximum absolute atomic E-state index is 12.4. The number of sulfonamides is 1. The van der Waals surface area contributed by atoms with E-state index >= 15 is 0 Å². The summed E-state index contributed by atoms with van der Waals surface area (Å²) in [6, 6.07) is 10.4. The smallest absolute Gasteiger partial charge is 0.264 e. The van der Waals surface area contributed by atoms with Gasteiger partial charge in [-0.2, -0.15) is 0 Å². The number of guanidine groups is 1. The van der Waals surface area contributed by atoms with Gasteiger partial charge in [0.2, 0.25) is 5.96 Å². The number of hydrogen-bond acceptors (Lipinski definition) is 7. The zero-order chi connectivity index (χ0) is 17.7. The summed E-state index contributed by atoms with van der Waals surface area (Å²) in [5.41, 5.74) is 0. The number of nitrogens with zero attached hydrogens (tertiary/aromatic N) is 2. The SMILES string of the molecule is COc1ccc(S(=O)(=O)NC2=NCN(CCc3cccs3)CN2)cc1. The highest BCUT2D eigenvalue weighted by molar-refractivity contribution is 7.90. The zero-order valence-electron chi connectivity index (χ0n) is 13.8. The summed E-state index contributed by atoms with van der Waals surface area (Å²) < 4.78 is 32.3. The molecular formula is C16H20N4O3S2. The molecule has 25 heavy (non-hydrogen) atoms. The van der Waals surface area contributed by atoms with E-state index in [1.165, 1.54) is 24.1 Å². The van der Waals surface area contributed by atoms with Crippen molar-refractivity contribution in [2.75, 3.05) is 27.0 Å². The van der Waals surface area contributed by atoms with Crippen molar-refractivity contribution in [1.82, 2.24) is 14.9 Å². The predicted molar refractivity (Wildman–Crippen MR) is 98.3 cm³/mol. The second-order valence-corrected chi connectivity index (χ2v) is 8.20. The lowest BCUT2D eigenvalue weighted by molar-refractivity contribution is 0.267. The number of ether oxygens (including phenoxy) is 1. The molecule has 2 N–H and O–H groups in total. The van der Waals surface area contributed by atoms with Crippen molar-refractivity contribution < 1.29 is 13.2 Å². The second-order valence-electron chi connectivity index (χ2n) is 5.49. The number of rotatable bonds is 6. The van der Waals surface area contributed by atoms with Gasteiger partial charge >= 0.3 is 0 Å². The Morgan fingerprint density at radius 1 is 1.32 bits per heavy atom. The minimum Gasteiger partial charge on any atom is -0.497 e. The van der Waals surface area contributed by atoms with Crippen LogP contribution in [-0.2, 0) is 16.4 Å². The van der Waals surface area contributed by atoms with Gasteiger partial charge in [0, 0.05) is 11.4 Å². The predicted octanol–water partition coefficient (Wildman–Crippen LogP) is 1.45. The minimum absolute atomic E-state index is 0.165. The summed E-state index contributed by atoms with van der Waals surface area (Å²) in [5.74, 6) is 0.872. The van der Waals surface area contributed by atoms with E-state index in [9.17, 15) is 8.42 Å². The number of thiophene rings is 1. The van der Waals surface area contributed by atoms with E-state index in [-0.39, 0.29) is 10.9 Å². The summed E-state index contributed by atoms with van der Waals surface area (Å²) in [6.07, 6.45) is 0.960. The Kier molecular flexibility index (Phi) is 5.57. The lowest BCUT2D eigenvalue weighted by Gasteiger charge is -2.26. The molecule has 9 heteroatoms. The van der Waals surface area contributed by atoms with Gasteiger partial charge < -0.3 is 10.1 Å². The molecule has 134 valence electrons. The van der Waals surface area contributed by atoms with Crippen LogP contribution in [0.1, 0.15) is 4.88 Å². The van der Waals surface area contributed by atoms with Crippen LogP contribution in [0.5, 0.6) is 5.75 Å². The molecular weight excluding hydrogens is 360 g/mol. The quantitative estimate of drug-likeness (QED) is 0.793. The van der Waals surface area contributed by atoms with Gasteiger partial charge in [0.15, 0.2) is 0 Å². The van der Waals surface area contributed by atoms with Crippen molar-refractivity contribution in [3.8, 4) is 5.75 Å². The lowest BCUT2D eigenvalue weighted by Crippen LogP contribution is -2.50.